The van der Waals surface area contributed by atoms with E-state index in [1.807, 2.05) is 6.07 Å². The summed E-state index contributed by atoms with van der Waals surface area (Å²) in [7, 11) is 2.13. The van der Waals surface area contributed by atoms with Crippen molar-refractivity contribution >= 4 is 22.9 Å². The molecule has 0 spiro atoms. The molecule has 0 bridgehead atoms. The van der Waals surface area contributed by atoms with Crippen molar-refractivity contribution in [3.8, 4) is 0 Å². The molecular weight excluding hydrogens is 242 g/mol. The summed E-state index contributed by atoms with van der Waals surface area (Å²) < 4.78 is 0. The minimum atomic E-state index is 0.381. The maximum Gasteiger partial charge on any atom is 0.124 e. The Bertz CT molecular complexity index is 411. The van der Waals surface area contributed by atoms with Gasteiger partial charge in [0.1, 0.15) is 10.7 Å². The third-order valence-corrected chi connectivity index (χ3v) is 3.97. The lowest BCUT2D eigenvalue weighted by Crippen LogP contribution is -2.33. The zero-order valence-corrected chi connectivity index (χ0v) is 11.7. The van der Waals surface area contributed by atoms with Gasteiger partial charge in [-0.15, -0.1) is 0 Å². The Labute approximate surface area is 114 Å². The number of pyridine rings is 1. The van der Waals surface area contributed by atoms with Crippen molar-refractivity contribution in [3.63, 3.8) is 0 Å². The van der Waals surface area contributed by atoms with Crippen molar-refractivity contribution in [2.45, 2.75) is 44.6 Å². The summed E-state index contributed by atoms with van der Waals surface area (Å²) in [5, 5.41) is 0. The van der Waals surface area contributed by atoms with Gasteiger partial charge >= 0.3 is 0 Å². The maximum atomic E-state index is 5.76. The van der Waals surface area contributed by atoms with Gasteiger partial charge in [0.15, 0.2) is 0 Å². The van der Waals surface area contributed by atoms with Crippen LogP contribution in [0.2, 0.25) is 0 Å². The van der Waals surface area contributed by atoms with Gasteiger partial charge in [-0.25, -0.2) is 0 Å². The molecule has 3 nitrogen and oxygen atoms in total. The smallest absolute Gasteiger partial charge is 0.124 e. The molecule has 0 saturated heterocycles. The maximum absolute atomic E-state index is 5.76. The summed E-state index contributed by atoms with van der Waals surface area (Å²) in [6, 6.07) is 4.60. The Morgan fingerprint density at radius 3 is 2.61 bits per heavy atom. The van der Waals surface area contributed by atoms with Crippen molar-refractivity contribution in [2.75, 3.05) is 11.9 Å². The largest absolute Gasteiger partial charge is 0.388 e. The van der Waals surface area contributed by atoms with E-state index >= 15 is 0 Å². The molecule has 0 atom stereocenters. The Kier molecular flexibility index (Phi) is 4.53. The lowest BCUT2D eigenvalue weighted by Gasteiger charge is -2.30. The van der Waals surface area contributed by atoms with Gasteiger partial charge in [0, 0.05) is 19.3 Å². The first-order valence-corrected chi connectivity index (χ1v) is 7.08. The minimum Gasteiger partial charge on any atom is -0.388 e. The van der Waals surface area contributed by atoms with Crippen molar-refractivity contribution in [2.24, 2.45) is 5.73 Å². The summed E-state index contributed by atoms with van der Waals surface area (Å²) in [4.78, 5) is 7.00. The second-order valence-corrected chi connectivity index (χ2v) is 5.43. The predicted octanol–water partition coefficient (Wildman–Crippen LogP) is 2.87. The highest BCUT2D eigenvalue weighted by Crippen LogP contribution is 2.26. The van der Waals surface area contributed by atoms with Crippen LogP contribution < -0.4 is 10.6 Å². The van der Waals surface area contributed by atoms with Crippen LogP contribution in [0, 0.1) is 0 Å². The highest BCUT2D eigenvalue weighted by atomic mass is 32.1. The molecule has 18 heavy (non-hydrogen) atoms. The molecular formula is C14H21N3S. The van der Waals surface area contributed by atoms with Gasteiger partial charge in [-0.3, -0.25) is 4.98 Å². The summed E-state index contributed by atoms with van der Waals surface area (Å²) in [6.07, 6.45) is 9.61. The zero-order chi connectivity index (χ0) is 13.0. The van der Waals surface area contributed by atoms with E-state index in [2.05, 4.69) is 23.0 Å². The van der Waals surface area contributed by atoms with E-state index in [0.29, 0.717) is 11.0 Å². The summed E-state index contributed by atoms with van der Waals surface area (Å²) >= 11 is 5.09. The highest BCUT2D eigenvalue weighted by molar-refractivity contribution is 7.80. The summed E-state index contributed by atoms with van der Waals surface area (Å²) in [5.74, 6) is 0. The molecule has 1 aliphatic carbocycles. The van der Waals surface area contributed by atoms with E-state index in [1.54, 1.807) is 6.20 Å². The minimum absolute atomic E-state index is 0.381. The molecule has 2 rings (SSSR count). The number of hydrogen-bond donors (Lipinski definition) is 1. The zero-order valence-electron chi connectivity index (χ0n) is 10.9. The molecule has 0 aliphatic heterocycles. The molecule has 1 aliphatic rings. The third kappa shape index (κ3) is 2.99. The van der Waals surface area contributed by atoms with E-state index in [4.69, 9.17) is 18.0 Å². The number of nitrogens with zero attached hydrogens (tertiary/aromatic N) is 2. The fourth-order valence-electron chi connectivity index (χ4n) is 2.71. The molecule has 1 fully saturated rings. The van der Waals surface area contributed by atoms with Crippen molar-refractivity contribution in [1.82, 2.24) is 4.98 Å². The van der Waals surface area contributed by atoms with Gasteiger partial charge in [0.05, 0.1) is 5.69 Å². The second kappa shape index (κ2) is 6.14. The quantitative estimate of drug-likeness (QED) is 0.672. The van der Waals surface area contributed by atoms with Crippen LogP contribution in [0.4, 0.5) is 5.69 Å². The average molecular weight is 263 g/mol. The van der Waals surface area contributed by atoms with Gasteiger partial charge in [-0.05, 0) is 25.0 Å². The van der Waals surface area contributed by atoms with Crippen molar-refractivity contribution in [3.05, 3.63) is 24.0 Å². The Balaban J connectivity index is 2.21. The molecule has 0 amide bonds. The molecule has 0 unspecified atom stereocenters. The highest BCUT2D eigenvalue weighted by Gasteiger charge is 2.20. The van der Waals surface area contributed by atoms with Crippen LogP contribution in [-0.2, 0) is 0 Å². The van der Waals surface area contributed by atoms with Crippen LogP contribution in [0.3, 0.4) is 0 Å². The normalized spacial score (nSPS) is 17.2. The van der Waals surface area contributed by atoms with E-state index in [0.717, 1.165) is 11.4 Å². The Morgan fingerprint density at radius 1 is 1.33 bits per heavy atom. The predicted molar refractivity (Wildman–Crippen MR) is 80.0 cm³/mol. The first-order chi connectivity index (χ1) is 8.70. The lowest BCUT2D eigenvalue weighted by molar-refractivity contribution is 0.552. The number of thiocarbonyl (C=S) groups is 1. The fraction of sp³-hybridized carbons (Fsp3) is 0.571. The fourth-order valence-corrected chi connectivity index (χ4v) is 2.87. The number of aromatic nitrogens is 1. The van der Waals surface area contributed by atoms with Gasteiger partial charge in [0.25, 0.3) is 0 Å². The number of rotatable bonds is 3. The molecule has 0 aromatic carbocycles. The molecule has 4 heteroatoms. The standard InChI is InChI=1S/C14H21N3S/c1-17(11-7-4-2-3-5-8-11)12-9-6-10-16-13(12)14(15)18/h6,9-11H,2-5,7-8H2,1H3,(H2,15,18). The molecule has 1 aromatic rings. The number of anilines is 1. The van der Waals surface area contributed by atoms with Crippen LogP contribution in [0.25, 0.3) is 0 Å². The van der Waals surface area contributed by atoms with E-state index in [1.165, 1.54) is 38.5 Å². The van der Waals surface area contributed by atoms with E-state index in [-0.39, 0.29) is 0 Å². The second-order valence-electron chi connectivity index (χ2n) is 4.99. The first kappa shape index (κ1) is 13.3. The molecule has 1 heterocycles. The van der Waals surface area contributed by atoms with Crippen LogP contribution in [-0.4, -0.2) is 23.1 Å². The van der Waals surface area contributed by atoms with Crippen LogP contribution in [0.15, 0.2) is 18.3 Å². The summed E-state index contributed by atoms with van der Waals surface area (Å²) in [5.41, 5.74) is 7.57. The first-order valence-electron chi connectivity index (χ1n) is 6.68. The summed E-state index contributed by atoms with van der Waals surface area (Å²) in [6.45, 7) is 0. The van der Waals surface area contributed by atoms with Gasteiger partial charge in [-0.2, -0.15) is 0 Å². The molecule has 1 saturated carbocycles. The number of nitrogens with two attached hydrogens (primary N) is 1. The number of hydrogen-bond acceptors (Lipinski definition) is 3. The van der Waals surface area contributed by atoms with Crippen molar-refractivity contribution in [1.29, 1.82) is 0 Å². The van der Waals surface area contributed by atoms with E-state index in [9.17, 15) is 0 Å². The SMILES string of the molecule is CN(c1cccnc1C(N)=S)C1CCCCCC1. The van der Waals surface area contributed by atoms with Crippen molar-refractivity contribution < 1.29 is 0 Å². The molecule has 0 radical (unpaired) electrons. The van der Waals surface area contributed by atoms with Crippen LogP contribution in [0.5, 0.6) is 0 Å². The molecule has 98 valence electrons. The Morgan fingerprint density at radius 2 is 2.00 bits per heavy atom. The lowest BCUT2D eigenvalue weighted by atomic mass is 10.1. The molecule has 2 N–H and O–H groups in total. The third-order valence-electron chi connectivity index (χ3n) is 3.77. The van der Waals surface area contributed by atoms with Gasteiger partial charge in [0.2, 0.25) is 0 Å². The van der Waals surface area contributed by atoms with E-state index < -0.39 is 0 Å². The average Bonchev–Trinajstić information content (AvgIpc) is 2.66. The molecule has 1 aromatic heterocycles. The van der Waals surface area contributed by atoms with Gasteiger partial charge in [-0.1, -0.05) is 37.9 Å². The van der Waals surface area contributed by atoms with Crippen LogP contribution >= 0.6 is 12.2 Å². The Hall–Kier alpha value is -1.16. The van der Waals surface area contributed by atoms with Crippen LogP contribution in [0.1, 0.15) is 44.2 Å². The van der Waals surface area contributed by atoms with Gasteiger partial charge < -0.3 is 10.6 Å². The monoisotopic (exact) mass is 263 g/mol. The topological polar surface area (TPSA) is 42.2 Å².